The van der Waals surface area contributed by atoms with E-state index >= 15 is 0 Å². The molecule has 0 aliphatic carbocycles. The highest BCUT2D eigenvalue weighted by Gasteiger charge is 2.49. The van der Waals surface area contributed by atoms with E-state index in [0.717, 1.165) is 16.9 Å². The molecule has 1 fully saturated rings. The molecule has 0 bridgehead atoms. The molecule has 1 aliphatic rings. The summed E-state index contributed by atoms with van der Waals surface area (Å²) >= 11 is 0. The van der Waals surface area contributed by atoms with Gasteiger partial charge in [-0.1, -0.05) is 18.2 Å². The van der Waals surface area contributed by atoms with E-state index in [1.165, 1.54) is 17.0 Å². The molecule has 0 radical (unpaired) electrons. The Bertz CT molecular complexity index is 1270. The highest BCUT2D eigenvalue weighted by molar-refractivity contribution is 6.20. The predicted molar refractivity (Wildman–Crippen MR) is 125 cm³/mol. The zero-order valence-electron chi connectivity index (χ0n) is 19.4. The summed E-state index contributed by atoms with van der Waals surface area (Å²) in [6.45, 7) is 5.27. The number of carbonyl (C=O) groups excluding carboxylic acids is 2. The van der Waals surface area contributed by atoms with Gasteiger partial charge in [-0.3, -0.25) is 20.4 Å². The van der Waals surface area contributed by atoms with Crippen LogP contribution in [0.3, 0.4) is 0 Å². The third-order valence-electron chi connectivity index (χ3n) is 6.24. The SMILES string of the molecule is COc1cc(CC2(C)C(=N)N(C(C)c3ccc(F)cc3)C(=O)NC2=O)ccc1-n1cnc(C)c1. The first-order valence-electron chi connectivity index (χ1n) is 10.8. The fourth-order valence-electron chi connectivity index (χ4n) is 4.20. The third-order valence-corrected chi connectivity index (χ3v) is 6.24. The van der Waals surface area contributed by atoms with Gasteiger partial charge in [0, 0.05) is 6.20 Å². The normalized spacial score (nSPS) is 19.2. The zero-order valence-corrected chi connectivity index (χ0v) is 19.4. The van der Waals surface area contributed by atoms with E-state index in [1.54, 1.807) is 39.4 Å². The molecule has 1 aromatic heterocycles. The number of amidine groups is 1. The minimum Gasteiger partial charge on any atom is -0.495 e. The summed E-state index contributed by atoms with van der Waals surface area (Å²) in [7, 11) is 1.56. The lowest BCUT2D eigenvalue weighted by molar-refractivity contribution is -0.127. The number of aryl methyl sites for hydroxylation is 1. The summed E-state index contributed by atoms with van der Waals surface area (Å²) in [6.07, 6.45) is 3.75. The van der Waals surface area contributed by atoms with Crippen LogP contribution >= 0.6 is 0 Å². The number of hydrogen-bond donors (Lipinski definition) is 2. The monoisotopic (exact) mass is 463 g/mol. The number of urea groups is 1. The van der Waals surface area contributed by atoms with Crippen LogP contribution in [-0.4, -0.2) is 39.3 Å². The molecule has 3 aromatic rings. The Hall–Kier alpha value is -4.01. The number of nitrogens with one attached hydrogen (secondary N) is 2. The van der Waals surface area contributed by atoms with E-state index < -0.39 is 29.2 Å². The van der Waals surface area contributed by atoms with Crippen molar-refractivity contribution in [3.8, 4) is 11.4 Å². The van der Waals surface area contributed by atoms with Crippen molar-refractivity contribution in [1.82, 2.24) is 19.8 Å². The lowest BCUT2D eigenvalue weighted by Crippen LogP contribution is -2.63. The lowest BCUT2D eigenvalue weighted by atomic mass is 9.79. The van der Waals surface area contributed by atoms with E-state index in [-0.39, 0.29) is 12.3 Å². The first-order chi connectivity index (χ1) is 16.1. The van der Waals surface area contributed by atoms with Gasteiger partial charge in [-0.15, -0.1) is 0 Å². The highest BCUT2D eigenvalue weighted by atomic mass is 19.1. The second-order valence-electron chi connectivity index (χ2n) is 8.64. The zero-order chi connectivity index (χ0) is 24.6. The van der Waals surface area contributed by atoms with Gasteiger partial charge in [-0.25, -0.2) is 14.2 Å². The number of rotatable bonds is 6. The molecule has 4 rings (SSSR count). The molecule has 2 heterocycles. The fraction of sp³-hybridized carbons (Fsp3) is 0.280. The number of nitrogens with zero attached hydrogens (tertiary/aromatic N) is 3. The second-order valence-corrected chi connectivity index (χ2v) is 8.64. The predicted octanol–water partition coefficient (Wildman–Crippen LogP) is 4.17. The molecule has 8 nitrogen and oxygen atoms in total. The molecular weight excluding hydrogens is 437 g/mol. The van der Waals surface area contributed by atoms with Crippen molar-refractivity contribution in [1.29, 1.82) is 5.41 Å². The maximum absolute atomic E-state index is 13.4. The van der Waals surface area contributed by atoms with E-state index in [0.29, 0.717) is 11.3 Å². The maximum atomic E-state index is 13.4. The van der Waals surface area contributed by atoms with Crippen LogP contribution in [0.25, 0.3) is 5.69 Å². The Morgan fingerprint density at radius 1 is 1.21 bits per heavy atom. The number of ether oxygens (including phenoxy) is 1. The maximum Gasteiger partial charge on any atom is 0.330 e. The van der Waals surface area contributed by atoms with Crippen LogP contribution in [0.5, 0.6) is 5.75 Å². The molecule has 2 aromatic carbocycles. The van der Waals surface area contributed by atoms with Crippen molar-refractivity contribution < 1.29 is 18.7 Å². The first-order valence-corrected chi connectivity index (χ1v) is 10.8. The van der Waals surface area contributed by atoms with Gasteiger partial charge in [0.2, 0.25) is 5.91 Å². The van der Waals surface area contributed by atoms with E-state index in [2.05, 4.69) is 10.3 Å². The second kappa shape index (κ2) is 8.74. The molecule has 176 valence electrons. The van der Waals surface area contributed by atoms with Crippen molar-refractivity contribution in [3.63, 3.8) is 0 Å². The Kier molecular flexibility index (Phi) is 5.95. The number of amides is 3. The Balaban J connectivity index is 1.65. The van der Waals surface area contributed by atoms with Gasteiger partial charge < -0.3 is 9.30 Å². The fourth-order valence-corrected chi connectivity index (χ4v) is 4.20. The van der Waals surface area contributed by atoms with Crippen LogP contribution in [0.2, 0.25) is 0 Å². The van der Waals surface area contributed by atoms with Crippen LogP contribution in [-0.2, 0) is 11.2 Å². The van der Waals surface area contributed by atoms with Crippen molar-refractivity contribution in [3.05, 3.63) is 77.6 Å². The third kappa shape index (κ3) is 4.05. The molecule has 3 amide bonds. The number of imidazole rings is 1. The molecule has 34 heavy (non-hydrogen) atoms. The minimum absolute atomic E-state index is 0.119. The standard InChI is InChI=1S/C25H26FN5O3/c1-15-13-30(14-28-15)20-10-5-17(11-21(20)34-4)12-25(3)22(27)31(24(33)29-23(25)32)16(2)18-6-8-19(26)9-7-18/h5-11,13-14,16,27H,12H2,1-4H3,(H,29,32,33). The number of hydrogen-bond acceptors (Lipinski definition) is 5. The summed E-state index contributed by atoms with van der Waals surface area (Å²) in [5.41, 5.74) is 1.77. The number of benzene rings is 2. The van der Waals surface area contributed by atoms with Crippen molar-refractivity contribution in [2.45, 2.75) is 33.2 Å². The van der Waals surface area contributed by atoms with Gasteiger partial charge >= 0.3 is 6.03 Å². The molecule has 0 spiro atoms. The van der Waals surface area contributed by atoms with Crippen LogP contribution in [0.15, 0.2) is 55.0 Å². The topological polar surface area (TPSA) is 100 Å². The van der Waals surface area contributed by atoms with Gasteiger partial charge in [0.15, 0.2) is 0 Å². The Morgan fingerprint density at radius 2 is 1.91 bits per heavy atom. The molecule has 0 saturated carbocycles. The van der Waals surface area contributed by atoms with Crippen molar-refractivity contribution in [2.75, 3.05) is 7.11 Å². The number of aromatic nitrogens is 2. The number of halogens is 1. The van der Waals surface area contributed by atoms with Gasteiger partial charge in [0.05, 0.1) is 30.9 Å². The smallest absolute Gasteiger partial charge is 0.330 e. The van der Waals surface area contributed by atoms with Crippen LogP contribution < -0.4 is 10.1 Å². The van der Waals surface area contributed by atoms with Crippen LogP contribution in [0.4, 0.5) is 9.18 Å². The van der Waals surface area contributed by atoms with Gasteiger partial charge in [-0.05, 0) is 62.6 Å². The molecule has 1 saturated heterocycles. The number of carbonyl (C=O) groups is 2. The molecule has 2 unspecified atom stereocenters. The minimum atomic E-state index is -1.31. The van der Waals surface area contributed by atoms with Crippen molar-refractivity contribution >= 4 is 17.8 Å². The van der Waals surface area contributed by atoms with Gasteiger partial charge in [0.25, 0.3) is 0 Å². The Morgan fingerprint density at radius 3 is 2.53 bits per heavy atom. The number of methoxy groups -OCH3 is 1. The van der Waals surface area contributed by atoms with E-state index in [1.807, 2.05) is 35.9 Å². The van der Waals surface area contributed by atoms with E-state index in [4.69, 9.17) is 10.1 Å². The van der Waals surface area contributed by atoms with Gasteiger partial charge in [0.1, 0.15) is 22.8 Å². The van der Waals surface area contributed by atoms with Crippen LogP contribution in [0, 0.1) is 23.6 Å². The van der Waals surface area contributed by atoms with Gasteiger partial charge in [-0.2, -0.15) is 0 Å². The molecule has 2 N–H and O–H groups in total. The summed E-state index contributed by atoms with van der Waals surface area (Å²) in [6, 6.07) is 10.0. The molecule has 2 atom stereocenters. The number of imide groups is 1. The van der Waals surface area contributed by atoms with E-state index in [9.17, 15) is 14.0 Å². The molecule has 1 aliphatic heterocycles. The average molecular weight is 464 g/mol. The van der Waals surface area contributed by atoms with Crippen LogP contribution in [0.1, 0.15) is 36.7 Å². The largest absolute Gasteiger partial charge is 0.495 e. The first kappa shape index (κ1) is 23.2. The highest BCUT2D eigenvalue weighted by Crippen LogP contribution is 2.35. The summed E-state index contributed by atoms with van der Waals surface area (Å²) in [5.74, 6) is -0.462. The molecular formula is C25H26FN5O3. The summed E-state index contributed by atoms with van der Waals surface area (Å²) in [5, 5.41) is 11.2. The quantitative estimate of drug-likeness (QED) is 0.573. The van der Waals surface area contributed by atoms with Crippen molar-refractivity contribution in [2.24, 2.45) is 5.41 Å². The average Bonchev–Trinajstić information content (AvgIpc) is 3.24. The molecule has 9 heteroatoms. The summed E-state index contributed by atoms with van der Waals surface area (Å²) in [4.78, 5) is 31.1. The summed E-state index contributed by atoms with van der Waals surface area (Å²) < 4.78 is 20.8. The lowest BCUT2D eigenvalue weighted by Gasteiger charge is -2.42. The Labute approximate surface area is 196 Å².